The summed E-state index contributed by atoms with van der Waals surface area (Å²) < 4.78 is 13.3. The monoisotopic (exact) mass is 451 g/mol. The van der Waals surface area contributed by atoms with Gasteiger partial charge in [-0.3, -0.25) is 19.9 Å². The molecule has 2 fully saturated rings. The molecule has 0 unspecified atom stereocenters. The number of carbonyl (C=O) groups is 1. The minimum atomic E-state index is -0.391. The van der Waals surface area contributed by atoms with E-state index in [0.29, 0.717) is 17.6 Å². The van der Waals surface area contributed by atoms with Crippen molar-refractivity contribution in [2.24, 2.45) is 0 Å². The smallest absolute Gasteiger partial charge is 0.240 e. The first-order valence-corrected chi connectivity index (χ1v) is 11.8. The van der Waals surface area contributed by atoms with Crippen molar-refractivity contribution in [2.45, 2.75) is 44.6 Å². The van der Waals surface area contributed by atoms with Crippen molar-refractivity contribution in [2.75, 3.05) is 38.0 Å². The lowest BCUT2D eigenvalue weighted by Crippen LogP contribution is -2.48. The second kappa shape index (κ2) is 10.1. The van der Waals surface area contributed by atoms with Crippen LogP contribution in [-0.4, -0.2) is 58.6 Å². The highest BCUT2D eigenvalue weighted by Gasteiger charge is 2.22. The zero-order chi connectivity index (χ0) is 20.9. The Balaban J connectivity index is 1.20. The third-order valence-electron chi connectivity index (χ3n) is 5.86. The second-order valence-corrected chi connectivity index (χ2v) is 9.55. The number of nitrogens with one attached hydrogen (secondary N) is 1. The van der Waals surface area contributed by atoms with Crippen molar-refractivity contribution < 1.29 is 9.18 Å². The molecule has 1 aromatic heterocycles. The van der Waals surface area contributed by atoms with Crippen molar-refractivity contribution in [3.63, 3.8) is 0 Å². The van der Waals surface area contributed by atoms with Gasteiger partial charge in [0.05, 0.1) is 11.6 Å². The summed E-state index contributed by atoms with van der Waals surface area (Å²) in [7, 11) is 0. The van der Waals surface area contributed by atoms with Gasteiger partial charge in [0.15, 0.2) is 0 Å². The largest absolute Gasteiger partial charge is 0.299 e. The van der Waals surface area contributed by atoms with Crippen LogP contribution in [0.5, 0.6) is 0 Å². The fraction of sp³-hybridized carbons (Fsp3) is 0.571. The summed E-state index contributed by atoms with van der Waals surface area (Å²) in [6, 6.07) is 4.86. The fourth-order valence-corrected chi connectivity index (χ4v) is 5.29. The molecule has 1 aromatic carbocycles. The van der Waals surface area contributed by atoms with E-state index in [4.69, 9.17) is 11.6 Å². The summed E-state index contributed by atoms with van der Waals surface area (Å²) in [6.45, 7) is 4.42. The van der Waals surface area contributed by atoms with E-state index >= 15 is 0 Å². The van der Waals surface area contributed by atoms with Crippen LogP contribution in [0.25, 0.3) is 0 Å². The number of piperazine rings is 1. The first kappa shape index (κ1) is 21.6. The number of amides is 1. The number of hydrogen-bond donors (Lipinski definition) is 1. The van der Waals surface area contributed by atoms with Crippen molar-refractivity contribution >= 4 is 34.0 Å². The fourth-order valence-electron chi connectivity index (χ4n) is 4.16. The van der Waals surface area contributed by atoms with E-state index < -0.39 is 5.82 Å². The molecule has 2 aromatic rings. The highest BCUT2D eigenvalue weighted by Crippen LogP contribution is 2.35. The number of nitrogens with zero attached hydrogens (tertiary/aromatic N) is 4. The van der Waals surface area contributed by atoms with Crippen LogP contribution < -0.4 is 5.32 Å². The molecule has 1 saturated carbocycles. The Morgan fingerprint density at radius 3 is 2.60 bits per heavy atom. The maximum absolute atomic E-state index is 13.3. The van der Waals surface area contributed by atoms with Crippen LogP contribution in [0.15, 0.2) is 18.2 Å². The highest BCUT2D eigenvalue weighted by atomic mass is 35.5. The van der Waals surface area contributed by atoms with Gasteiger partial charge in [0, 0.05) is 38.6 Å². The summed E-state index contributed by atoms with van der Waals surface area (Å²) in [5.41, 5.74) is 0.998. The lowest BCUT2D eigenvalue weighted by Gasteiger charge is -2.34. The van der Waals surface area contributed by atoms with Crippen LogP contribution >= 0.6 is 22.9 Å². The Hall–Kier alpha value is -1.61. The molecule has 162 valence electrons. The standard InChI is InChI=1S/C21H27ClFN5OS/c22-17-12-15(6-7-18(17)23)13-27-8-10-28(11-9-27)14-19(29)24-21-26-25-20(30-21)16-4-2-1-3-5-16/h6-7,12,16H,1-5,8-11,13-14H2,(H,24,26,29). The minimum Gasteiger partial charge on any atom is -0.299 e. The van der Waals surface area contributed by atoms with E-state index in [2.05, 4.69) is 25.3 Å². The molecule has 0 atom stereocenters. The Kier molecular flexibility index (Phi) is 7.30. The normalized spacial score (nSPS) is 19.1. The number of carbonyl (C=O) groups excluding carboxylic acids is 1. The zero-order valence-corrected chi connectivity index (χ0v) is 18.5. The van der Waals surface area contributed by atoms with Crippen molar-refractivity contribution in [3.8, 4) is 0 Å². The molecule has 6 nitrogen and oxygen atoms in total. The van der Waals surface area contributed by atoms with Crippen molar-refractivity contribution in [3.05, 3.63) is 39.6 Å². The van der Waals surface area contributed by atoms with E-state index in [1.807, 2.05) is 0 Å². The molecular formula is C21H27ClFN5OS. The number of rotatable bonds is 6. The minimum absolute atomic E-state index is 0.0416. The van der Waals surface area contributed by atoms with E-state index in [9.17, 15) is 9.18 Å². The topological polar surface area (TPSA) is 61.4 Å². The molecule has 1 N–H and O–H groups in total. The van der Waals surface area contributed by atoms with Crippen LogP contribution in [0.3, 0.4) is 0 Å². The Bertz CT molecular complexity index is 865. The predicted octanol–water partition coefficient (Wildman–Crippen LogP) is 4.13. The summed E-state index contributed by atoms with van der Waals surface area (Å²) >= 11 is 7.38. The number of hydrogen-bond acceptors (Lipinski definition) is 6. The lowest BCUT2D eigenvalue weighted by molar-refractivity contribution is -0.117. The van der Waals surface area contributed by atoms with Gasteiger partial charge in [-0.05, 0) is 30.5 Å². The van der Waals surface area contributed by atoms with Gasteiger partial charge in [0.25, 0.3) is 0 Å². The van der Waals surface area contributed by atoms with E-state index in [-0.39, 0.29) is 10.9 Å². The van der Waals surface area contributed by atoms with Crippen LogP contribution in [0.1, 0.15) is 48.6 Å². The summed E-state index contributed by atoms with van der Waals surface area (Å²) in [4.78, 5) is 16.9. The van der Waals surface area contributed by atoms with E-state index in [0.717, 1.165) is 43.3 Å². The van der Waals surface area contributed by atoms with E-state index in [1.54, 1.807) is 12.1 Å². The molecule has 9 heteroatoms. The SMILES string of the molecule is O=C(CN1CCN(Cc2ccc(F)c(Cl)c2)CC1)Nc1nnc(C2CCCCC2)s1. The third kappa shape index (κ3) is 5.75. The Labute approximate surface area is 185 Å². The number of benzene rings is 1. The van der Waals surface area contributed by atoms with Gasteiger partial charge in [-0.25, -0.2) is 4.39 Å². The summed E-state index contributed by atoms with van der Waals surface area (Å²) in [6.07, 6.45) is 6.18. The van der Waals surface area contributed by atoms with E-state index in [1.165, 1.54) is 49.5 Å². The van der Waals surface area contributed by atoms with Gasteiger partial charge in [-0.1, -0.05) is 48.3 Å². The van der Waals surface area contributed by atoms with Gasteiger partial charge in [-0.15, -0.1) is 10.2 Å². The maximum atomic E-state index is 13.3. The molecule has 0 bridgehead atoms. The molecule has 2 aliphatic rings. The second-order valence-electron chi connectivity index (χ2n) is 8.13. The molecule has 1 amide bonds. The third-order valence-corrected chi connectivity index (χ3v) is 7.15. The predicted molar refractivity (Wildman–Crippen MR) is 117 cm³/mol. The molecule has 30 heavy (non-hydrogen) atoms. The van der Waals surface area contributed by atoms with Crippen LogP contribution in [-0.2, 0) is 11.3 Å². The number of halogens is 2. The molecule has 0 radical (unpaired) electrons. The van der Waals surface area contributed by atoms with Crippen LogP contribution in [0.2, 0.25) is 5.02 Å². The highest BCUT2D eigenvalue weighted by molar-refractivity contribution is 7.15. The first-order chi connectivity index (χ1) is 14.6. The number of anilines is 1. The summed E-state index contributed by atoms with van der Waals surface area (Å²) in [5, 5.41) is 13.2. The van der Waals surface area contributed by atoms with Gasteiger partial charge in [0.1, 0.15) is 10.8 Å². The average molecular weight is 452 g/mol. The Morgan fingerprint density at radius 2 is 1.87 bits per heavy atom. The lowest BCUT2D eigenvalue weighted by atomic mass is 9.90. The van der Waals surface area contributed by atoms with Crippen LogP contribution in [0, 0.1) is 5.82 Å². The van der Waals surface area contributed by atoms with Gasteiger partial charge in [-0.2, -0.15) is 0 Å². The number of aromatic nitrogens is 2. The molecule has 4 rings (SSSR count). The molecule has 1 aliphatic carbocycles. The molecule has 2 heterocycles. The molecular weight excluding hydrogens is 425 g/mol. The Morgan fingerprint density at radius 1 is 1.13 bits per heavy atom. The molecule has 1 saturated heterocycles. The molecule has 1 aliphatic heterocycles. The van der Waals surface area contributed by atoms with Gasteiger partial charge in [0.2, 0.25) is 11.0 Å². The van der Waals surface area contributed by atoms with Gasteiger partial charge < -0.3 is 0 Å². The van der Waals surface area contributed by atoms with Crippen LogP contribution in [0.4, 0.5) is 9.52 Å². The van der Waals surface area contributed by atoms with Gasteiger partial charge >= 0.3 is 0 Å². The maximum Gasteiger partial charge on any atom is 0.240 e. The average Bonchev–Trinajstić information content (AvgIpc) is 3.21. The molecule has 0 spiro atoms. The first-order valence-electron chi connectivity index (χ1n) is 10.6. The zero-order valence-electron chi connectivity index (χ0n) is 16.9. The quantitative estimate of drug-likeness (QED) is 0.715. The van der Waals surface area contributed by atoms with Crippen molar-refractivity contribution in [1.82, 2.24) is 20.0 Å². The summed E-state index contributed by atoms with van der Waals surface area (Å²) in [5.74, 6) is 0.0728. The van der Waals surface area contributed by atoms with Crippen molar-refractivity contribution in [1.29, 1.82) is 0 Å².